The number of nitrogen functional groups attached to an aromatic ring is 1. The number of aliphatic hydroxyl groups is 2. The van der Waals surface area contributed by atoms with Crippen molar-refractivity contribution in [2.45, 2.75) is 135 Å². The molecular weight excluding hydrogens is 677 g/mol. The Morgan fingerprint density at radius 1 is 1.04 bits per heavy atom. The van der Waals surface area contributed by atoms with E-state index in [0.717, 1.165) is 63.5 Å². The summed E-state index contributed by atoms with van der Waals surface area (Å²) >= 11 is 1.28. The zero-order valence-electron chi connectivity index (χ0n) is 32.0. The van der Waals surface area contributed by atoms with Gasteiger partial charge in [0.25, 0.3) is 0 Å². The number of nitrogens with one attached hydrogen (secondary N) is 1. The van der Waals surface area contributed by atoms with Crippen LogP contribution in [-0.4, -0.2) is 92.6 Å². The fraction of sp³-hybridized carbons (Fsp3) is 0.725. The molecular formula is C40H64N6O5S. The molecule has 0 unspecified atom stereocenters. The number of nitrogens with zero attached hydrogens (tertiary/aromatic N) is 4. The summed E-state index contributed by atoms with van der Waals surface area (Å²) in [6, 6.07) is 5.06. The molecule has 52 heavy (non-hydrogen) atoms. The van der Waals surface area contributed by atoms with Crippen LogP contribution in [0.4, 0.5) is 5.13 Å². The van der Waals surface area contributed by atoms with Crippen molar-refractivity contribution >= 4 is 34.2 Å². The van der Waals surface area contributed by atoms with Gasteiger partial charge in [-0.05, 0) is 55.1 Å². The average molecular weight is 741 g/mol. The van der Waals surface area contributed by atoms with Crippen LogP contribution >= 0.6 is 11.3 Å². The van der Waals surface area contributed by atoms with Gasteiger partial charge >= 0.3 is 0 Å². The van der Waals surface area contributed by atoms with Gasteiger partial charge < -0.3 is 31.1 Å². The predicted molar refractivity (Wildman–Crippen MR) is 206 cm³/mol. The number of amides is 3. The van der Waals surface area contributed by atoms with Crippen LogP contribution in [0.3, 0.4) is 0 Å². The molecule has 0 spiro atoms. The average Bonchev–Trinajstić information content (AvgIpc) is 3.54. The Labute approximate surface area is 315 Å². The lowest BCUT2D eigenvalue weighted by atomic mass is 9.75. The smallest absolute Gasteiger partial charge is 0.241 e. The minimum atomic E-state index is -1.14. The number of nitrogens with two attached hydrogens (primary N) is 1. The Balaban J connectivity index is 1.54. The summed E-state index contributed by atoms with van der Waals surface area (Å²) in [5, 5.41) is 27.7. The number of likely N-dealkylation sites (N-methyl/N-ethyl adjacent to an activating group) is 1. The van der Waals surface area contributed by atoms with Crippen LogP contribution in [0.2, 0.25) is 0 Å². The SMILES string of the molecule is CC(C)C[C@H](O)[C@H](O)[C@H](CC1CCCCC1)NC(=O)[C@@H](CC(=O)N(CC(=O)N(C)CCc1ccccn1)CC1(C)CCCCC1)Cc1csc(N)n1. The second-order valence-corrected chi connectivity index (χ2v) is 17.2. The molecule has 2 saturated carbocycles. The quantitative estimate of drug-likeness (QED) is 0.149. The van der Waals surface area contributed by atoms with Crippen LogP contribution in [0.25, 0.3) is 0 Å². The van der Waals surface area contributed by atoms with Gasteiger partial charge in [0, 0.05) is 56.7 Å². The molecule has 2 aromatic rings. The summed E-state index contributed by atoms with van der Waals surface area (Å²) in [6.45, 7) is 7.02. The molecule has 3 amide bonds. The largest absolute Gasteiger partial charge is 0.390 e. The lowest BCUT2D eigenvalue weighted by molar-refractivity contribution is -0.143. The topological polar surface area (TPSA) is 162 Å². The van der Waals surface area contributed by atoms with Gasteiger partial charge in [-0.3, -0.25) is 19.4 Å². The van der Waals surface area contributed by atoms with Gasteiger partial charge in [0.2, 0.25) is 17.7 Å². The number of hydrogen-bond acceptors (Lipinski definition) is 9. The first-order valence-electron chi connectivity index (χ1n) is 19.6. The van der Waals surface area contributed by atoms with Crippen LogP contribution < -0.4 is 11.1 Å². The molecule has 0 radical (unpaired) electrons. The third kappa shape index (κ3) is 13.4. The number of thiazole rings is 1. The zero-order valence-corrected chi connectivity index (χ0v) is 32.8. The van der Waals surface area contributed by atoms with Crippen LogP contribution in [0.15, 0.2) is 29.8 Å². The maximum atomic E-state index is 14.4. The molecule has 12 heteroatoms. The third-order valence-corrected chi connectivity index (χ3v) is 11.9. The molecule has 4 rings (SSSR count). The summed E-state index contributed by atoms with van der Waals surface area (Å²) in [5.74, 6) is -1.08. The molecule has 11 nitrogen and oxygen atoms in total. The van der Waals surface area contributed by atoms with E-state index < -0.39 is 24.2 Å². The van der Waals surface area contributed by atoms with Crippen LogP contribution in [0.5, 0.6) is 0 Å². The fourth-order valence-corrected chi connectivity index (χ4v) is 8.59. The lowest BCUT2D eigenvalue weighted by Gasteiger charge is -2.39. The zero-order chi connectivity index (χ0) is 37.7. The van der Waals surface area contributed by atoms with E-state index in [2.05, 4.69) is 22.2 Å². The van der Waals surface area contributed by atoms with Gasteiger partial charge in [0.1, 0.15) is 6.10 Å². The Morgan fingerprint density at radius 3 is 2.38 bits per heavy atom. The van der Waals surface area contributed by atoms with Crippen molar-refractivity contribution in [1.29, 1.82) is 0 Å². The second-order valence-electron chi connectivity index (χ2n) is 16.3. The number of pyridine rings is 1. The van der Waals surface area contributed by atoms with Crippen molar-refractivity contribution in [3.05, 3.63) is 41.2 Å². The number of hydrogen-bond donors (Lipinski definition) is 4. The molecule has 2 aliphatic carbocycles. The molecule has 5 N–H and O–H groups in total. The normalized spacial score (nSPS) is 18.7. The fourth-order valence-electron chi connectivity index (χ4n) is 8.02. The molecule has 0 saturated heterocycles. The Hall–Kier alpha value is -3.09. The molecule has 290 valence electrons. The van der Waals surface area contributed by atoms with Crippen molar-refractivity contribution in [3.8, 4) is 0 Å². The Morgan fingerprint density at radius 2 is 1.75 bits per heavy atom. The van der Waals surface area contributed by atoms with E-state index in [9.17, 15) is 24.6 Å². The van der Waals surface area contributed by atoms with Crippen LogP contribution in [0.1, 0.15) is 116 Å². The first kappa shape index (κ1) is 41.7. The predicted octanol–water partition coefficient (Wildman–Crippen LogP) is 5.39. The van der Waals surface area contributed by atoms with E-state index >= 15 is 0 Å². The Bertz CT molecular complexity index is 1390. The number of rotatable bonds is 19. The highest BCUT2D eigenvalue weighted by Gasteiger charge is 2.36. The van der Waals surface area contributed by atoms with E-state index in [-0.39, 0.29) is 48.4 Å². The molecule has 2 aliphatic rings. The van der Waals surface area contributed by atoms with Gasteiger partial charge in [-0.15, -0.1) is 11.3 Å². The van der Waals surface area contributed by atoms with Crippen molar-refractivity contribution in [2.24, 2.45) is 23.2 Å². The number of anilines is 1. The van der Waals surface area contributed by atoms with Gasteiger partial charge in [-0.25, -0.2) is 4.98 Å². The van der Waals surface area contributed by atoms with Gasteiger partial charge in [-0.1, -0.05) is 78.2 Å². The molecule has 0 aromatic carbocycles. The highest BCUT2D eigenvalue weighted by Crippen LogP contribution is 2.37. The first-order chi connectivity index (χ1) is 24.8. The lowest BCUT2D eigenvalue weighted by Crippen LogP contribution is -2.52. The van der Waals surface area contributed by atoms with Crippen molar-refractivity contribution < 1.29 is 24.6 Å². The molecule has 4 atom stereocenters. The highest BCUT2D eigenvalue weighted by atomic mass is 32.1. The number of aliphatic hydroxyl groups excluding tert-OH is 2. The number of aromatic nitrogens is 2. The van der Waals surface area contributed by atoms with Gasteiger partial charge in [0.05, 0.1) is 30.3 Å². The molecule has 0 bridgehead atoms. The summed E-state index contributed by atoms with van der Waals surface area (Å²) in [7, 11) is 1.75. The second kappa shape index (κ2) is 20.4. The number of carbonyl (C=O) groups is 3. The van der Waals surface area contributed by atoms with Gasteiger partial charge in [0.15, 0.2) is 5.13 Å². The van der Waals surface area contributed by atoms with Crippen LogP contribution in [0, 0.1) is 23.2 Å². The number of carbonyl (C=O) groups excluding carboxylic acids is 3. The highest BCUT2D eigenvalue weighted by molar-refractivity contribution is 7.13. The van der Waals surface area contributed by atoms with Crippen molar-refractivity contribution in [1.82, 2.24) is 25.1 Å². The van der Waals surface area contributed by atoms with E-state index in [1.54, 1.807) is 23.0 Å². The van der Waals surface area contributed by atoms with Crippen LogP contribution in [-0.2, 0) is 27.2 Å². The standard InChI is InChI=1S/C40H64N6O5S/c1-28(2)21-34(47)37(50)33(22-29-13-7-5-8-14-29)44-38(51)30(23-32-26-52-39(41)43-32)24-35(48)46(27-40(3)17-10-6-11-18-40)25-36(49)45(4)20-16-31-15-9-12-19-42-31/h9,12,15,19,26,28-30,33-34,37,47,50H,5-8,10-11,13-14,16-18,20-25,27H2,1-4H3,(H2,41,43)(H,44,51)/t30-,33+,34+,37-/m1/s1. The minimum Gasteiger partial charge on any atom is -0.390 e. The molecule has 0 aliphatic heterocycles. The van der Waals surface area contributed by atoms with Gasteiger partial charge in [-0.2, -0.15) is 0 Å². The van der Waals surface area contributed by atoms with Crippen molar-refractivity contribution in [2.75, 3.05) is 32.4 Å². The first-order valence-corrected chi connectivity index (χ1v) is 20.5. The molecule has 2 fully saturated rings. The van der Waals surface area contributed by atoms with E-state index in [0.29, 0.717) is 49.1 Å². The van der Waals surface area contributed by atoms with E-state index in [1.165, 1.54) is 17.8 Å². The van der Waals surface area contributed by atoms with Crippen molar-refractivity contribution in [3.63, 3.8) is 0 Å². The molecule has 2 aromatic heterocycles. The molecule has 2 heterocycles. The summed E-state index contributed by atoms with van der Waals surface area (Å²) in [5.41, 5.74) is 7.36. The van der Waals surface area contributed by atoms with E-state index in [4.69, 9.17) is 5.73 Å². The summed E-state index contributed by atoms with van der Waals surface area (Å²) in [6.07, 6.45) is 12.0. The van der Waals surface area contributed by atoms with E-state index in [1.807, 2.05) is 37.4 Å². The summed E-state index contributed by atoms with van der Waals surface area (Å²) in [4.78, 5) is 54.5. The Kier molecular flexibility index (Phi) is 16.3. The maximum Gasteiger partial charge on any atom is 0.241 e. The monoisotopic (exact) mass is 740 g/mol. The minimum absolute atomic E-state index is 0.0739. The maximum absolute atomic E-state index is 14.4. The summed E-state index contributed by atoms with van der Waals surface area (Å²) < 4.78 is 0. The third-order valence-electron chi connectivity index (χ3n) is 11.1.